The lowest BCUT2D eigenvalue weighted by atomic mass is 9.94. The Balaban J connectivity index is 1.57. The number of benzene rings is 3. The van der Waals surface area contributed by atoms with Crippen molar-refractivity contribution in [2.75, 3.05) is 12.0 Å². The number of ketones is 1. The first-order valence-corrected chi connectivity index (χ1v) is 13.4. The van der Waals surface area contributed by atoms with Crippen LogP contribution in [0.25, 0.3) is 5.76 Å². The van der Waals surface area contributed by atoms with Crippen molar-refractivity contribution in [3.8, 4) is 5.75 Å². The Morgan fingerprint density at radius 2 is 1.76 bits per heavy atom. The number of methoxy groups -OCH3 is 1. The van der Waals surface area contributed by atoms with Crippen LogP contribution in [0.1, 0.15) is 43.7 Å². The molecule has 1 aliphatic rings. The van der Waals surface area contributed by atoms with Crippen LogP contribution in [-0.4, -0.2) is 34.9 Å². The molecule has 8 nitrogen and oxygen atoms in total. The molecule has 1 saturated heterocycles. The molecule has 1 aromatic heterocycles. The fourth-order valence-electron chi connectivity index (χ4n) is 4.64. The Morgan fingerprint density at radius 1 is 1.05 bits per heavy atom. The number of carbonyl (C=O) groups is 3. The minimum atomic E-state index is -1.12. The zero-order valence-electron chi connectivity index (χ0n) is 22.4. The molecule has 1 aliphatic heterocycles. The minimum absolute atomic E-state index is 0.0692. The van der Waals surface area contributed by atoms with E-state index >= 15 is 0 Å². The van der Waals surface area contributed by atoms with Crippen molar-refractivity contribution < 1.29 is 33.4 Å². The van der Waals surface area contributed by atoms with Gasteiger partial charge in [0.2, 0.25) is 0 Å². The Hall–Kier alpha value is -4.83. The van der Waals surface area contributed by atoms with Crippen LogP contribution in [0, 0.1) is 19.7 Å². The van der Waals surface area contributed by atoms with E-state index in [2.05, 4.69) is 4.98 Å². The molecule has 41 heavy (non-hydrogen) atoms. The zero-order chi connectivity index (χ0) is 29.3. The summed E-state index contributed by atoms with van der Waals surface area (Å²) in [5.74, 6) is -2.85. The first-order chi connectivity index (χ1) is 19.7. The van der Waals surface area contributed by atoms with E-state index < -0.39 is 35.3 Å². The standard InChI is InChI=1S/C31H25FN2O6S/c1-17-15-22(40-16-19-7-5-4-6-8-19)13-14-23(17)26(35)24-25(20-9-11-21(32)12-10-20)34(29(37)27(24)36)31-33-18(2)28(41-31)30(38)39-3/h4-15,25,35H,16H2,1-3H3/b26-24+/t25-/m1/s1. The molecule has 1 atom stereocenters. The fraction of sp³-hybridized carbons (Fsp3) is 0.161. The van der Waals surface area contributed by atoms with Gasteiger partial charge in [-0.1, -0.05) is 53.8 Å². The number of nitrogens with zero attached hydrogens (tertiary/aromatic N) is 2. The summed E-state index contributed by atoms with van der Waals surface area (Å²) in [5, 5.41) is 11.6. The number of aliphatic hydroxyl groups is 1. The number of hydrogen-bond donors (Lipinski definition) is 1. The second-order valence-corrected chi connectivity index (χ2v) is 10.4. The highest BCUT2D eigenvalue weighted by atomic mass is 32.1. The Labute approximate surface area is 239 Å². The Kier molecular flexibility index (Phi) is 7.67. The van der Waals surface area contributed by atoms with Crippen molar-refractivity contribution in [1.29, 1.82) is 0 Å². The molecular weight excluding hydrogens is 547 g/mol. The van der Waals surface area contributed by atoms with Crippen LogP contribution < -0.4 is 9.64 Å². The number of esters is 1. The van der Waals surface area contributed by atoms with Crippen LogP contribution in [0.3, 0.4) is 0 Å². The molecule has 5 rings (SSSR count). The second-order valence-electron chi connectivity index (χ2n) is 9.37. The molecule has 0 bridgehead atoms. The monoisotopic (exact) mass is 572 g/mol. The number of thiazole rings is 1. The molecule has 1 amide bonds. The first-order valence-electron chi connectivity index (χ1n) is 12.6. The number of hydrogen-bond acceptors (Lipinski definition) is 8. The Bertz CT molecular complexity index is 1680. The summed E-state index contributed by atoms with van der Waals surface area (Å²) in [4.78, 5) is 44.7. The average Bonchev–Trinajstić information content (AvgIpc) is 3.48. The molecule has 0 spiro atoms. The second kappa shape index (κ2) is 11.3. The lowest BCUT2D eigenvalue weighted by Crippen LogP contribution is -2.29. The van der Waals surface area contributed by atoms with E-state index in [0.29, 0.717) is 34.7 Å². The van der Waals surface area contributed by atoms with Gasteiger partial charge in [-0.3, -0.25) is 14.5 Å². The first kappa shape index (κ1) is 27.7. The van der Waals surface area contributed by atoms with Crippen molar-refractivity contribution in [2.45, 2.75) is 26.5 Å². The summed E-state index contributed by atoms with van der Waals surface area (Å²) in [7, 11) is 1.23. The number of aliphatic hydroxyl groups excluding tert-OH is 1. The van der Waals surface area contributed by atoms with Crippen molar-refractivity contribution in [1.82, 2.24) is 4.98 Å². The average molecular weight is 573 g/mol. The molecular formula is C31H25FN2O6S. The number of halogens is 1. The maximum Gasteiger partial charge on any atom is 0.350 e. The van der Waals surface area contributed by atoms with Gasteiger partial charge in [-0.2, -0.15) is 0 Å². The van der Waals surface area contributed by atoms with Gasteiger partial charge in [0.25, 0.3) is 5.78 Å². The maximum absolute atomic E-state index is 13.8. The largest absolute Gasteiger partial charge is 0.507 e. The molecule has 0 radical (unpaired) electrons. The number of amides is 1. The quantitative estimate of drug-likeness (QED) is 0.127. The molecule has 4 aromatic rings. The third-order valence-electron chi connectivity index (χ3n) is 6.69. The molecule has 208 valence electrons. The number of aryl methyl sites for hydroxylation is 2. The molecule has 0 saturated carbocycles. The van der Waals surface area contributed by atoms with Gasteiger partial charge in [0.1, 0.15) is 28.8 Å². The molecule has 1 N–H and O–H groups in total. The SMILES string of the molecule is COC(=O)c1sc(N2C(=O)C(=O)/C(=C(/O)c3ccc(OCc4ccccc4)cc3C)[C@H]2c2ccc(F)cc2)nc1C. The van der Waals surface area contributed by atoms with Gasteiger partial charge in [0.15, 0.2) is 5.13 Å². The van der Waals surface area contributed by atoms with Gasteiger partial charge in [0.05, 0.1) is 24.4 Å². The highest BCUT2D eigenvalue weighted by Crippen LogP contribution is 2.44. The number of Topliss-reactive ketones (excluding diaryl/α,β-unsaturated/α-hetero) is 1. The molecule has 2 heterocycles. The number of ether oxygens (including phenoxy) is 2. The molecule has 10 heteroatoms. The van der Waals surface area contributed by atoms with Crippen LogP contribution in [-0.2, 0) is 20.9 Å². The van der Waals surface area contributed by atoms with Crippen molar-refractivity contribution in [3.05, 3.63) is 117 Å². The van der Waals surface area contributed by atoms with Gasteiger partial charge in [0, 0.05) is 5.56 Å². The smallest absolute Gasteiger partial charge is 0.350 e. The highest BCUT2D eigenvalue weighted by molar-refractivity contribution is 7.17. The predicted molar refractivity (Wildman–Crippen MR) is 151 cm³/mol. The van der Waals surface area contributed by atoms with Gasteiger partial charge in [-0.15, -0.1) is 0 Å². The van der Waals surface area contributed by atoms with Gasteiger partial charge < -0.3 is 14.6 Å². The van der Waals surface area contributed by atoms with Crippen LogP contribution in [0.15, 0.2) is 78.4 Å². The summed E-state index contributed by atoms with van der Waals surface area (Å²) in [6.07, 6.45) is 0. The van der Waals surface area contributed by atoms with E-state index in [1.54, 1.807) is 32.0 Å². The normalized spacial score (nSPS) is 16.2. The maximum atomic E-state index is 13.8. The Morgan fingerprint density at radius 3 is 2.41 bits per heavy atom. The predicted octanol–water partition coefficient (Wildman–Crippen LogP) is 5.89. The van der Waals surface area contributed by atoms with Crippen molar-refractivity contribution in [3.63, 3.8) is 0 Å². The molecule has 1 fully saturated rings. The summed E-state index contributed by atoms with van der Waals surface area (Å²) >= 11 is 0.887. The fourth-order valence-corrected chi connectivity index (χ4v) is 5.65. The lowest BCUT2D eigenvalue weighted by molar-refractivity contribution is -0.132. The van der Waals surface area contributed by atoms with Crippen LogP contribution in [0.5, 0.6) is 5.75 Å². The van der Waals surface area contributed by atoms with Gasteiger partial charge in [-0.25, -0.2) is 14.2 Å². The van der Waals surface area contributed by atoms with Crippen molar-refractivity contribution in [2.24, 2.45) is 0 Å². The van der Waals surface area contributed by atoms with E-state index in [1.807, 2.05) is 30.3 Å². The molecule has 3 aromatic carbocycles. The van der Waals surface area contributed by atoms with Crippen LogP contribution >= 0.6 is 11.3 Å². The van der Waals surface area contributed by atoms with E-state index in [4.69, 9.17) is 9.47 Å². The van der Waals surface area contributed by atoms with Crippen LogP contribution in [0.4, 0.5) is 9.52 Å². The molecule has 0 unspecified atom stereocenters. The summed E-state index contributed by atoms with van der Waals surface area (Å²) in [6.45, 7) is 3.68. The third-order valence-corrected chi connectivity index (χ3v) is 7.83. The summed E-state index contributed by atoms with van der Waals surface area (Å²) in [5.41, 5.74) is 2.43. The highest BCUT2D eigenvalue weighted by Gasteiger charge is 2.48. The van der Waals surface area contributed by atoms with E-state index in [1.165, 1.54) is 31.4 Å². The number of anilines is 1. The lowest BCUT2D eigenvalue weighted by Gasteiger charge is -2.23. The number of rotatable bonds is 7. The summed E-state index contributed by atoms with van der Waals surface area (Å²) in [6, 6.07) is 18.8. The van der Waals surface area contributed by atoms with E-state index in [9.17, 15) is 23.9 Å². The summed E-state index contributed by atoms with van der Waals surface area (Å²) < 4.78 is 24.5. The third kappa shape index (κ3) is 5.33. The van der Waals surface area contributed by atoms with E-state index in [-0.39, 0.29) is 15.6 Å². The van der Waals surface area contributed by atoms with Crippen molar-refractivity contribution >= 4 is 39.9 Å². The van der Waals surface area contributed by atoms with Crippen LogP contribution in [0.2, 0.25) is 0 Å². The minimum Gasteiger partial charge on any atom is -0.507 e. The van der Waals surface area contributed by atoms with Gasteiger partial charge >= 0.3 is 11.9 Å². The number of aromatic nitrogens is 1. The molecule has 0 aliphatic carbocycles. The zero-order valence-corrected chi connectivity index (χ0v) is 23.2. The van der Waals surface area contributed by atoms with E-state index in [0.717, 1.165) is 21.8 Å². The number of carbonyl (C=O) groups excluding carboxylic acids is 3. The topological polar surface area (TPSA) is 106 Å². The van der Waals surface area contributed by atoms with Gasteiger partial charge in [-0.05, 0) is 60.9 Å².